The van der Waals surface area contributed by atoms with Gasteiger partial charge in [-0.05, 0) is 42.8 Å². The van der Waals surface area contributed by atoms with Crippen molar-refractivity contribution in [1.82, 2.24) is 4.90 Å². The lowest BCUT2D eigenvalue weighted by atomic mass is 9.95. The lowest BCUT2D eigenvalue weighted by Crippen LogP contribution is -2.39. The van der Waals surface area contributed by atoms with Crippen LogP contribution in [-0.4, -0.2) is 23.8 Å². The number of rotatable bonds is 2. The van der Waals surface area contributed by atoms with Gasteiger partial charge in [0.25, 0.3) is 11.8 Å². The normalized spacial score (nSPS) is 16.6. The molecule has 3 rings (SSSR count). The Morgan fingerprint density at radius 2 is 1.88 bits per heavy atom. The molecule has 1 aliphatic rings. The fourth-order valence-electron chi connectivity index (χ4n) is 2.58. The highest BCUT2D eigenvalue weighted by Crippen LogP contribution is 2.31. The second-order valence-electron chi connectivity index (χ2n) is 5.52. The number of likely N-dealkylation sites (N-methyl/N-ethyl adjacent to an activating group) is 1. The van der Waals surface area contributed by atoms with Gasteiger partial charge in [0.2, 0.25) is 0 Å². The minimum atomic E-state index is -0.599. The molecule has 5 nitrogen and oxygen atoms in total. The second kappa shape index (κ2) is 6.42. The van der Waals surface area contributed by atoms with Gasteiger partial charge in [-0.25, -0.2) is 0 Å². The maximum Gasteiger partial charge on any atom is 0.271 e. The first kappa shape index (κ1) is 16.7. The molecule has 0 saturated heterocycles. The standard InChI is InChI=1S/C19H13ClN2O3/c1-11-14(18(23)22(2)19(24)15(11)10-21)9-12-7-8-17(25-12)13-5-3-4-6-16(13)20/h3-9H,1-2H3. The summed E-state index contributed by atoms with van der Waals surface area (Å²) in [4.78, 5) is 25.3. The summed E-state index contributed by atoms with van der Waals surface area (Å²) >= 11 is 6.16. The van der Waals surface area contributed by atoms with E-state index in [4.69, 9.17) is 16.0 Å². The highest BCUT2D eigenvalue weighted by atomic mass is 35.5. The summed E-state index contributed by atoms with van der Waals surface area (Å²) in [6.07, 6.45) is 1.53. The van der Waals surface area contributed by atoms with E-state index in [-0.39, 0.29) is 11.1 Å². The summed E-state index contributed by atoms with van der Waals surface area (Å²) in [6.45, 7) is 1.57. The molecular weight excluding hydrogens is 340 g/mol. The molecule has 0 spiro atoms. The molecule has 2 aromatic rings. The minimum absolute atomic E-state index is 0.0498. The van der Waals surface area contributed by atoms with E-state index >= 15 is 0 Å². The number of furan rings is 1. The molecule has 1 aromatic carbocycles. The van der Waals surface area contributed by atoms with Gasteiger partial charge in [0, 0.05) is 18.2 Å². The van der Waals surface area contributed by atoms with Gasteiger partial charge < -0.3 is 4.42 Å². The number of benzene rings is 1. The van der Waals surface area contributed by atoms with Gasteiger partial charge in [0.05, 0.1) is 5.02 Å². The number of amides is 2. The van der Waals surface area contributed by atoms with Crippen LogP contribution in [0.4, 0.5) is 0 Å². The van der Waals surface area contributed by atoms with E-state index in [9.17, 15) is 14.9 Å². The summed E-state index contributed by atoms with van der Waals surface area (Å²) < 4.78 is 5.76. The third-order valence-electron chi connectivity index (χ3n) is 4.00. The van der Waals surface area contributed by atoms with Crippen molar-refractivity contribution in [1.29, 1.82) is 5.26 Å². The number of nitrogens with zero attached hydrogens (tertiary/aromatic N) is 2. The van der Waals surface area contributed by atoms with E-state index in [0.29, 0.717) is 22.1 Å². The van der Waals surface area contributed by atoms with Crippen molar-refractivity contribution in [2.75, 3.05) is 7.05 Å². The molecule has 6 heteroatoms. The van der Waals surface area contributed by atoms with E-state index in [2.05, 4.69) is 0 Å². The summed E-state index contributed by atoms with van der Waals surface area (Å²) in [6, 6.07) is 12.6. The van der Waals surface area contributed by atoms with Crippen LogP contribution in [0.1, 0.15) is 12.7 Å². The number of imide groups is 1. The molecule has 2 heterocycles. The van der Waals surface area contributed by atoms with Crippen LogP contribution in [0.15, 0.2) is 57.5 Å². The Balaban J connectivity index is 2.05. The molecule has 0 radical (unpaired) electrons. The third-order valence-corrected chi connectivity index (χ3v) is 4.33. The summed E-state index contributed by atoms with van der Waals surface area (Å²) in [5, 5.41) is 9.72. The summed E-state index contributed by atoms with van der Waals surface area (Å²) in [5.74, 6) is -0.0829. The first-order chi connectivity index (χ1) is 11.9. The molecule has 1 aromatic heterocycles. The van der Waals surface area contributed by atoms with Crippen molar-refractivity contribution in [3.8, 4) is 17.4 Å². The van der Waals surface area contributed by atoms with Crippen molar-refractivity contribution in [3.05, 3.63) is 63.9 Å². The molecule has 0 atom stereocenters. The fraction of sp³-hybridized carbons (Fsp3) is 0.105. The molecule has 0 fully saturated rings. The van der Waals surface area contributed by atoms with Gasteiger partial charge in [0.15, 0.2) is 0 Å². The number of carbonyl (C=O) groups excluding carboxylic acids is 2. The van der Waals surface area contributed by atoms with E-state index in [1.165, 1.54) is 13.1 Å². The van der Waals surface area contributed by atoms with E-state index in [1.54, 1.807) is 25.1 Å². The predicted molar refractivity (Wildman–Crippen MR) is 93.2 cm³/mol. The average Bonchev–Trinajstić information content (AvgIpc) is 3.06. The van der Waals surface area contributed by atoms with Gasteiger partial charge in [-0.2, -0.15) is 5.26 Å². The monoisotopic (exact) mass is 352 g/mol. The summed E-state index contributed by atoms with van der Waals surface area (Å²) in [5.41, 5.74) is 1.28. The van der Waals surface area contributed by atoms with Gasteiger partial charge in [-0.3, -0.25) is 14.5 Å². The number of nitriles is 1. The zero-order valence-electron chi connectivity index (χ0n) is 13.5. The zero-order chi connectivity index (χ0) is 18.1. The van der Waals surface area contributed by atoms with Crippen LogP contribution < -0.4 is 0 Å². The van der Waals surface area contributed by atoms with Crippen LogP contribution in [0.5, 0.6) is 0 Å². The van der Waals surface area contributed by atoms with E-state index in [1.807, 2.05) is 24.3 Å². The van der Waals surface area contributed by atoms with Crippen LogP contribution >= 0.6 is 11.6 Å². The van der Waals surface area contributed by atoms with Crippen LogP contribution in [0.25, 0.3) is 17.4 Å². The van der Waals surface area contributed by atoms with Crippen molar-refractivity contribution in [3.63, 3.8) is 0 Å². The SMILES string of the molecule is CC1=C(C#N)C(=O)N(C)C(=O)C1=Cc1ccc(-c2ccccc2Cl)o1. The Kier molecular flexibility index (Phi) is 4.30. The largest absolute Gasteiger partial charge is 0.457 e. The van der Waals surface area contributed by atoms with Crippen molar-refractivity contribution in [2.45, 2.75) is 6.92 Å². The lowest BCUT2D eigenvalue weighted by Gasteiger charge is -2.23. The van der Waals surface area contributed by atoms with Gasteiger partial charge >= 0.3 is 0 Å². The van der Waals surface area contributed by atoms with Crippen LogP contribution in [0, 0.1) is 11.3 Å². The summed E-state index contributed by atoms with van der Waals surface area (Å²) in [7, 11) is 1.35. The van der Waals surface area contributed by atoms with Crippen molar-refractivity contribution >= 4 is 29.5 Å². The Morgan fingerprint density at radius 1 is 1.16 bits per heavy atom. The average molecular weight is 353 g/mol. The molecular formula is C19H13ClN2O3. The highest BCUT2D eigenvalue weighted by molar-refractivity contribution is 6.33. The number of carbonyl (C=O) groups is 2. The van der Waals surface area contributed by atoms with Gasteiger partial charge in [0.1, 0.15) is 23.2 Å². The Morgan fingerprint density at radius 3 is 2.56 bits per heavy atom. The molecule has 25 heavy (non-hydrogen) atoms. The Labute approximate surface area is 149 Å². The maximum absolute atomic E-state index is 12.4. The lowest BCUT2D eigenvalue weighted by molar-refractivity contribution is -0.138. The topological polar surface area (TPSA) is 74.3 Å². The maximum atomic E-state index is 12.4. The van der Waals surface area contributed by atoms with Crippen molar-refractivity contribution in [2.24, 2.45) is 0 Å². The van der Waals surface area contributed by atoms with Crippen LogP contribution in [0.3, 0.4) is 0 Å². The van der Waals surface area contributed by atoms with E-state index < -0.39 is 11.8 Å². The highest BCUT2D eigenvalue weighted by Gasteiger charge is 2.33. The third kappa shape index (κ3) is 2.88. The Hall–Kier alpha value is -3.10. The quantitative estimate of drug-likeness (QED) is 0.608. The molecule has 124 valence electrons. The minimum Gasteiger partial charge on any atom is -0.457 e. The molecule has 2 amide bonds. The molecule has 0 unspecified atom stereocenters. The number of hydrogen-bond acceptors (Lipinski definition) is 4. The molecule has 1 aliphatic heterocycles. The smallest absolute Gasteiger partial charge is 0.271 e. The Bertz CT molecular complexity index is 992. The first-order valence-electron chi connectivity index (χ1n) is 7.44. The molecule has 0 saturated carbocycles. The number of halogens is 1. The van der Waals surface area contributed by atoms with Gasteiger partial charge in [-0.15, -0.1) is 0 Å². The molecule has 0 bridgehead atoms. The van der Waals surface area contributed by atoms with Gasteiger partial charge in [-0.1, -0.05) is 23.7 Å². The molecule has 0 aliphatic carbocycles. The number of hydrogen-bond donors (Lipinski definition) is 0. The zero-order valence-corrected chi connectivity index (χ0v) is 14.3. The second-order valence-corrected chi connectivity index (χ2v) is 5.93. The predicted octanol–water partition coefficient (Wildman–Crippen LogP) is 3.82. The molecule has 0 N–H and O–H groups in total. The van der Waals surface area contributed by atoms with E-state index in [0.717, 1.165) is 10.5 Å². The van der Waals surface area contributed by atoms with Crippen LogP contribution in [0.2, 0.25) is 5.02 Å². The fourth-order valence-corrected chi connectivity index (χ4v) is 2.81. The van der Waals surface area contributed by atoms with Crippen LogP contribution in [-0.2, 0) is 9.59 Å². The first-order valence-corrected chi connectivity index (χ1v) is 7.82. The van der Waals surface area contributed by atoms with Crippen molar-refractivity contribution < 1.29 is 14.0 Å².